The summed E-state index contributed by atoms with van der Waals surface area (Å²) in [5, 5.41) is 0. The molecule has 0 saturated carbocycles. The second kappa shape index (κ2) is 7.00. The zero-order valence-electron chi connectivity index (χ0n) is 14.5. The van der Waals surface area contributed by atoms with Crippen molar-refractivity contribution in [2.45, 2.75) is 57.3 Å². The number of ether oxygens (including phenoxy) is 1. The first-order valence-corrected chi connectivity index (χ1v) is 8.65. The van der Waals surface area contributed by atoms with E-state index in [0.29, 0.717) is 25.1 Å². The van der Waals surface area contributed by atoms with E-state index >= 15 is 0 Å². The molecule has 0 spiro atoms. The van der Waals surface area contributed by atoms with E-state index in [1.165, 1.54) is 0 Å². The monoisotopic (exact) mass is 395 g/mol. The van der Waals surface area contributed by atoms with Crippen molar-refractivity contribution in [3.05, 3.63) is 34.9 Å². The summed E-state index contributed by atoms with van der Waals surface area (Å²) in [6, 6.07) is 1.47. The fourth-order valence-electron chi connectivity index (χ4n) is 3.70. The maximum absolute atomic E-state index is 12.9. The Labute approximate surface area is 152 Å². The van der Waals surface area contributed by atoms with Gasteiger partial charge in [-0.1, -0.05) is 6.92 Å². The summed E-state index contributed by atoms with van der Waals surface area (Å²) < 4.78 is 83.0. The molecule has 0 aliphatic carbocycles. The zero-order valence-corrected chi connectivity index (χ0v) is 14.5. The maximum atomic E-state index is 12.9. The van der Waals surface area contributed by atoms with Gasteiger partial charge in [-0.15, -0.1) is 0 Å². The number of rotatable bonds is 3. The topological polar surface area (TPSA) is 29.5 Å². The van der Waals surface area contributed by atoms with Crippen molar-refractivity contribution >= 4 is 5.91 Å². The van der Waals surface area contributed by atoms with Crippen LogP contribution in [0.3, 0.4) is 0 Å². The number of benzene rings is 1. The van der Waals surface area contributed by atoms with Crippen LogP contribution in [-0.2, 0) is 28.5 Å². The van der Waals surface area contributed by atoms with Crippen molar-refractivity contribution in [1.82, 2.24) is 4.90 Å². The van der Waals surface area contributed by atoms with Crippen molar-refractivity contribution in [3.63, 3.8) is 0 Å². The third-order valence-electron chi connectivity index (χ3n) is 5.15. The molecule has 2 aliphatic rings. The first kappa shape index (κ1) is 20.0. The third-order valence-corrected chi connectivity index (χ3v) is 5.15. The number of hydrogen-bond acceptors (Lipinski definition) is 2. The molecular weight excluding hydrogens is 376 g/mol. The van der Waals surface area contributed by atoms with E-state index in [0.717, 1.165) is 12.8 Å². The minimum absolute atomic E-state index is 0.0239. The van der Waals surface area contributed by atoms with Crippen LogP contribution in [-0.4, -0.2) is 29.5 Å². The number of nitrogens with zero attached hydrogens (tertiary/aromatic N) is 1. The van der Waals surface area contributed by atoms with E-state index in [2.05, 4.69) is 0 Å². The van der Waals surface area contributed by atoms with E-state index in [1.54, 1.807) is 4.90 Å². The SMILES string of the molecule is CC1CCC2CC(OCc3cc(C(F)(F)F)cc(C(F)(F)F)c3)CN2C1=O. The Bertz CT molecular complexity index is 683. The zero-order chi connectivity index (χ0) is 20.0. The van der Waals surface area contributed by atoms with E-state index in [-0.39, 0.29) is 36.1 Å². The quantitative estimate of drug-likeness (QED) is 0.698. The number of halogens is 6. The summed E-state index contributed by atoms with van der Waals surface area (Å²) in [6.07, 6.45) is -8.01. The van der Waals surface area contributed by atoms with Crippen molar-refractivity contribution in [2.24, 2.45) is 5.92 Å². The van der Waals surface area contributed by atoms with Crippen molar-refractivity contribution in [3.8, 4) is 0 Å². The minimum Gasteiger partial charge on any atom is -0.372 e. The number of alkyl halides is 6. The average Bonchev–Trinajstić information content (AvgIpc) is 2.98. The van der Waals surface area contributed by atoms with Crippen LogP contribution in [0.25, 0.3) is 0 Å². The van der Waals surface area contributed by atoms with Gasteiger partial charge in [0.1, 0.15) is 0 Å². The van der Waals surface area contributed by atoms with Crippen LogP contribution in [0.1, 0.15) is 42.9 Å². The van der Waals surface area contributed by atoms with Gasteiger partial charge in [-0.25, -0.2) is 0 Å². The molecule has 0 N–H and O–H groups in total. The maximum Gasteiger partial charge on any atom is 0.416 e. The Morgan fingerprint density at radius 1 is 1.04 bits per heavy atom. The summed E-state index contributed by atoms with van der Waals surface area (Å²) in [7, 11) is 0. The van der Waals surface area contributed by atoms with Gasteiger partial charge in [-0.3, -0.25) is 4.79 Å². The number of carbonyl (C=O) groups is 1. The number of carbonyl (C=O) groups excluding carboxylic acids is 1. The molecule has 2 fully saturated rings. The lowest BCUT2D eigenvalue weighted by molar-refractivity contribution is -0.143. The Morgan fingerprint density at radius 2 is 1.63 bits per heavy atom. The molecule has 0 aromatic heterocycles. The van der Waals surface area contributed by atoms with Gasteiger partial charge in [0, 0.05) is 18.5 Å². The van der Waals surface area contributed by atoms with Crippen molar-refractivity contribution < 1.29 is 35.9 Å². The summed E-state index contributed by atoms with van der Waals surface area (Å²) in [4.78, 5) is 13.9. The van der Waals surface area contributed by atoms with E-state index in [4.69, 9.17) is 4.74 Å². The van der Waals surface area contributed by atoms with Gasteiger partial charge in [0.25, 0.3) is 0 Å². The van der Waals surface area contributed by atoms with Crippen LogP contribution in [0.2, 0.25) is 0 Å². The molecule has 3 nitrogen and oxygen atoms in total. The van der Waals surface area contributed by atoms with Gasteiger partial charge in [0.15, 0.2) is 0 Å². The Morgan fingerprint density at radius 3 is 2.19 bits per heavy atom. The molecule has 3 rings (SSSR count). The highest BCUT2D eigenvalue weighted by molar-refractivity contribution is 5.80. The summed E-state index contributed by atoms with van der Waals surface area (Å²) in [5.74, 6) is -0.0476. The summed E-state index contributed by atoms with van der Waals surface area (Å²) in [5.41, 5.74) is -2.91. The van der Waals surface area contributed by atoms with Crippen LogP contribution in [0, 0.1) is 5.92 Å². The lowest BCUT2D eigenvalue weighted by Gasteiger charge is -2.32. The number of amides is 1. The predicted molar refractivity (Wildman–Crippen MR) is 83.5 cm³/mol. The molecule has 2 saturated heterocycles. The van der Waals surface area contributed by atoms with Crippen LogP contribution in [0.15, 0.2) is 18.2 Å². The molecule has 150 valence electrons. The highest BCUT2D eigenvalue weighted by atomic mass is 19.4. The predicted octanol–water partition coefficient (Wildman–Crippen LogP) is 4.64. The lowest BCUT2D eigenvalue weighted by atomic mass is 9.94. The standard InChI is InChI=1S/C18H19F6NO2/c1-10-2-3-14-7-15(8-25(14)16(10)26)27-9-11-4-12(17(19,20)21)6-13(5-11)18(22,23)24/h4-6,10,14-15H,2-3,7-9H2,1H3. The molecule has 0 bridgehead atoms. The molecule has 2 heterocycles. The molecule has 0 radical (unpaired) electrons. The third kappa shape index (κ3) is 4.39. The lowest BCUT2D eigenvalue weighted by Crippen LogP contribution is -2.43. The highest BCUT2D eigenvalue weighted by Gasteiger charge is 2.41. The molecular formula is C18H19F6NO2. The molecule has 2 aliphatic heterocycles. The van der Waals surface area contributed by atoms with Gasteiger partial charge in [-0.2, -0.15) is 26.3 Å². The van der Waals surface area contributed by atoms with Crippen molar-refractivity contribution in [2.75, 3.05) is 6.54 Å². The van der Waals surface area contributed by atoms with Gasteiger partial charge >= 0.3 is 12.4 Å². The highest BCUT2D eigenvalue weighted by Crippen LogP contribution is 2.37. The largest absolute Gasteiger partial charge is 0.416 e. The van der Waals surface area contributed by atoms with E-state index < -0.39 is 29.6 Å². The molecule has 27 heavy (non-hydrogen) atoms. The number of piperidine rings is 1. The second-order valence-electron chi connectivity index (χ2n) is 7.21. The van der Waals surface area contributed by atoms with Crippen LogP contribution in [0.4, 0.5) is 26.3 Å². The summed E-state index contributed by atoms with van der Waals surface area (Å²) in [6.45, 7) is 1.79. The Kier molecular flexibility index (Phi) is 5.18. The fraction of sp³-hybridized carbons (Fsp3) is 0.611. The molecule has 1 amide bonds. The first-order valence-electron chi connectivity index (χ1n) is 8.65. The smallest absolute Gasteiger partial charge is 0.372 e. The van der Waals surface area contributed by atoms with Gasteiger partial charge in [-0.05, 0) is 43.0 Å². The van der Waals surface area contributed by atoms with Crippen LogP contribution >= 0.6 is 0 Å². The van der Waals surface area contributed by atoms with Gasteiger partial charge < -0.3 is 9.64 Å². The Hall–Kier alpha value is -1.77. The normalized spacial score (nSPS) is 26.4. The number of fused-ring (bicyclic) bond motifs is 1. The van der Waals surface area contributed by atoms with E-state index in [1.807, 2.05) is 6.92 Å². The second-order valence-corrected chi connectivity index (χ2v) is 7.21. The molecule has 3 unspecified atom stereocenters. The molecule has 9 heteroatoms. The molecule has 1 aromatic rings. The fourth-order valence-corrected chi connectivity index (χ4v) is 3.70. The van der Waals surface area contributed by atoms with Crippen LogP contribution < -0.4 is 0 Å². The van der Waals surface area contributed by atoms with Crippen molar-refractivity contribution in [1.29, 1.82) is 0 Å². The van der Waals surface area contributed by atoms with Gasteiger partial charge in [0.2, 0.25) is 5.91 Å². The first-order chi connectivity index (χ1) is 12.4. The molecule has 3 atom stereocenters. The minimum atomic E-state index is -4.88. The Balaban J connectivity index is 1.72. The van der Waals surface area contributed by atoms with Gasteiger partial charge in [0.05, 0.1) is 23.8 Å². The summed E-state index contributed by atoms with van der Waals surface area (Å²) >= 11 is 0. The molecule has 1 aromatic carbocycles. The average molecular weight is 395 g/mol. The van der Waals surface area contributed by atoms with E-state index in [9.17, 15) is 31.1 Å². The number of hydrogen-bond donors (Lipinski definition) is 0. The van der Waals surface area contributed by atoms with Crippen LogP contribution in [0.5, 0.6) is 0 Å².